The Bertz CT molecular complexity index is 1130. The summed E-state index contributed by atoms with van der Waals surface area (Å²) in [4.78, 5) is 7.32. The fourth-order valence-corrected chi connectivity index (χ4v) is 3.63. The van der Waals surface area contributed by atoms with Crippen LogP contribution < -0.4 is 10.5 Å². The van der Waals surface area contributed by atoms with E-state index in [-0.39, 0.29) is 16.6 Å². The molecule has 0 aliphatic rings. The first-order valence-electron chi connectivity index (χ1n) is 8.07. The van der Waals surface area contributed by atoms with Gasteiger partial charge in [-0.25, -0.2) is 9.37 Å². The van der Waals surface area contributed by atoms with Crippen molar-refractivity contribution < 1.29 is 13.5 Å². The number of aromatic amines is 1. The first kappa shape index (κ1) is 17.7. The Labute approximate surface area is 163 Å². The summed E-state index contributed by atoms with van der Waals surface area (Å²) < 4.78 is 25.5. The zero-order valence-corrected chi connectivity index (χ0v) is 15.6. The van der Waals surface area contributed by atoms with Crippen molar-refractivity contribution in [3.05, 3.63) is 64.3 Å². The van der Waals surface area contributed by atoms with Crippen LogP contribution in [-0.4, -0.2) is 9.97 Å². The Kier molecular flexibility index (Phi) is 4.45. The standard InChI is InChI=1S/C19H14Cl2FN3O2/c1-9(15-12(20)4-5-13(22)16(15)21)27-18-17-10(7-25-19(18)23)11(8-26-17)14-3-2-6-24-14/h2-9,24H,1H3,(H2,23,25). The van der Waals surface area contributed by atoms with Crippen LogP contribution in [0.1, 0.15) is 18.6 Å². The SMILES string of the molecule is CC(Oc1c(N)ncc2c(-c3ccc[nH]3)coc12)c1c(Cl)ccc(F)c1Cl. The number of nitrogens with zero attached hydrogens (tertiary/aromatic N) is 1. The quantitative estimate of drug-likeness (QED) is 0.408. The van der Waals surface area contributed by atoms with E-state index < -0.39 is 11.9 Å². The number of furan rings is 1. The first-order chi connectivity index (χ1) is 13.0. The van der Waals surface area contributed by atoms with Crippen molar-refractivity contribution in [3.63, 3.8) is 0 Å². The lowest BCUT2D eigenvalue weighted by molar-refractivity contribution is 0.227. The number of nitrogen functional groups attached to an aromatic ring is 1. The van der Waals surface area contributed by atoms with Crippen molar-refractivity contribution in [1.82, 2.24) is 9.97 Å². The third-order valence-corrected chi connectivity index (χ3v) is 4.98. The number of benzene rings is 1. The van der Waals surface area contributed by atoms with E-state index in [2.05, 4.69) is 9.97 Å². The van der Waals surface area contributed by atoms with Gasteiger partial charge in [0.1, 0.15) is 18.2 Å². The van der Waals surface area contributed by atoms with Gasteiger partial charge in [-0.15, -0.1) is 0 Å². The average molecular weight is 406 g/mol. The minimum Gasteiger partial charge on any atom is -0.478 e. The second kappa shape index (κ2) is 6.79. The summed E-state index contributed by atoms with van der Waals surface area (Å²) >= 11 is 12.3. The number of H-pyrrole nitrogens is 1. The van der Waals surface area contributed by atoms with Gasteiger partial charge in [-0.2, -0.15) is 0 Å². The number of fused-ring (bicyclic) bond motifs is 1. The molecule has 0 saturated carbocycles. The van der Waals surface area contributed by atoms with Crippen molar-refractivity contribution in [2.45, 2.75) is 13.0 Å². The largest absolute Gasteiger partial charge is 0.478 e. The highest BCUT2D eigenvalue weighted by Gasteiger charge is 2.23. The zero-order chi connectivity index (χ0) is 19.1. The van der Waals surface area contributed by atoms with Gasteiger partial charge >= 0.3 is 0 Å². The van der Waals surface area contributed by atoms with Crippen LogP contribution in [0.5, 0.6) is 5.75 Å². The molecule has 0 spiro atoms. The summed E-state index contributed by atoms with van der Waals surface area (Å²) in [7, 11) is 0. The smallest absolute Gasteiger partial charge is 0.205 e. The number of hydrogen-bond acceptors (Lipinski definition) is 4. The monoisotopic (exact) mass is 405 g/mol. The molecule has 138 valence electrons. The van der Waals surface area contributed by atoms with Crippen LogP contribution in [0, 0.1) is 5.82 Å². The molecule has 3 N–H and O–H groups in total. The second-order valence-corrected chi connectivity index (χ2v) is 6.75. The zero-order valence-electron chi connectivity index (χ0n) is 14.1. The average Bonchev–Trinajstić information content (AvgIpc) is 3.30. The van der Waals surface area contributed by atoms with E-state index in [4.69, 9.17) is 38.1 Å². The molecule has 0 aliphatic carbocycles. The van der Waals surface area contributed by atoms with Crippen LogP contribution in [-0.2, 0) is 0 Å². The summed E-state index contributed by atoms with van der Waals surface area (Å²) in [6.07, 6.45) is 4.34. The molecule has 0 saturated heterocycles. The Morgan fingerprint density at radius 1 is 1.30 bits per heavy atom. The Morgan fingerprint density at radius 3 is 2.85 bits per heavy atom. The maximum absolute atomic E-state index is 13.8. The number of hydrogen-bond donors (Lipinski definition) is 2. The van der Waals surface area contributed by atoms with Crippen molar-refractivity contribution in [2.24, 2.45) is 0 Å². The molecule has 0 bridgehead atoms. The second-order valence-electron chi connectivity index (χ2n) is 5.97. The summed E-state index contributed by atoms with van der Waals surface area (Å²) in [5.41, 5.74) is 8.45. The molecule has 1 aromatic carbocycles. The van der Waals surface area contributed by atoms with Gasteiger partial charge in [-0.3, -0.25) is 0 Å². The molecule has 1 unspecified atom stereocenters. The maximum atomic E-state index is 13.8. The van der Waals surface area contributed by atoms with Crippen molar-refractivity contribution in [2.75, 3.05) is 5.73 Å². The molecular weight excluding hydrogens is 392 g/mol. The van der Waals surface area contributed by atoms with E-state index >= 15 is 0 Å². The van der Waals surface area contributed by atoms with Gasteiger partial charge in [0.15, 0.2) is 11.4 Å². The lowest BCUT2D eigenvalue weighted by Gasteiger charge is -2.18. The van der Waals surface area contributed by atoms with Crippen LogP contribution in [0.4, 0.5) is 10.2 Å². The van der Waals surface area contributed by atoms with Gasteiger partial charge in [0.25, 0.3) is 0 Å². The van der Waals surface area contributed by atoms with Crippen molar-refractivity contribution in [1.29, 1.82) is 0 Å². The predicted molar refractivity (Wildman–Crippen MR) is 104 cm³/mol. The number of ether oxygens (including phenoxy) is 1. The molecule has 3 aromatic heterocycles. The number of nitrogens with two attached hydrogens (primary N) is 1. The lowest BCUT2D eigenvalue weighted by Crippen LogP contribution is -2.08. The normalized spacial score (nSPS) is 12.4. The Hall–Kier alpha value is -2.70. The topological polar surface area (TPSA) is 77.1 Å². The van der Waals surface area contributed by atoms with Gasteiger partial charge < -0.3 is 19.9 Å². The van der Waals surface area contributed by atoms with Gasteiger partial charge in [-0.05, 0) is 31.2 Å². The fourth-order valence-electron chi connectivity index (χ4n) is 2.95. The third-order valence-electron chi connectivity index (χ3n) is 4.27. The molecule has 0 radical (unpaired) electrons. The summed E-state index contributed by atoms with van der Waals surface area (Å²) in [5.74, 6) is -0.192. The molecule has 8 heteroatoms. The van der Waals surface area contributed by atoms with Gasteiger partial charge in [0.05, 0.1) is 10.4 Å². The fraction of sp³-hybridized carbons (Fsp3) is 0.105. The summed E-state index contributed by atoms with van der Waals surface area (Å²) in [6, 6.07) is 6.42. The number of aromatic nitrogens is 2. The maximum Gasteiger partial charge on any atom is 0.205 e. The van der Waals surface area contributed by atoms with Gasteiger partial charge in [0.2, 0.25) is 5.75 Å². The number of rotatable bonds is 4. The van der Waals surface area contributed by atoms with Crippen LogP contribution in [0.2, 0.25) is 10.0 Å². The van der Waals surface area contributed by atoms with Crippen LogP contribution >= 0.6 is 23.2 Å². The number of pyridine rings is 1. The molecule has 0 fully saturated rings. The first-order valence-corrected chi connectivity index (χ1v) is 8.82. The van der Waals surface area contributed by atoms with Crippen LogP contribution in [0.25, 0.3) is 22.2 Å². The van der Waals surface area contributed by atoms with Crippen LogP contribution in [0.15, 0.2) is 47.3 Å². The highest BCUT2D eigenvalue weighted by molar-refractivity contribution is 6.36. The Morgan fingerprint density at radius 2 is 2.11 bits per heavy atom. The molecule has 27 heavy (non-hydrogen) atoms. The van der Waals surface area contributed by atoms with Crippen molar-refractivity contribution >= 4 is 40.0 Å². The number of anilines is 1. The molecule has 4 aromatic rings. The molecule has 0 amide bonds. The summed E-state index contributed by atoms with van der Waals surface area (Å²) in [6.45, 7) is 1.69. The number of nitrogens with one attached hydrogen (secondary N) is 1. The van der Waals surface area contributed by atoms with E-state index in [9.17, 15) is 4.39 Å². The Balaban J connectivity index is 1.79. The van der Waals surface area contributed by atoms with Gasteiger partial charge in [-0.1, -0.05) is 23.2 Å². The predicted octanol–water partition coefficient (Wildman–Crippen LogP) is 5.99. The molecular formula is C19H14Cl2FN3O2. The van der Waals surface area contributed by atoms with Gasteiger partial charge in [0, 0.05) is 34.2 Å². The third kappa shape index (κ3) is 3.01. The molecule has 5 nitrogen and oxygen atoms in total. The van der Waals surface area contributed by atoms with E-state index in [1.807, 2.05) is 18.3 Å². The highest BCUT2D eigenvalue weighted by Crippen LogP contribution is 2.41. The van der Waals surface area contributed by atoms with Crippen molar-refractivity contribution in [3.8, 4) is 17.0 Å². The van der Waals surface area contributed by atoms with Crippen LogP contribution in [0.3, 0.4) is 0 Å². The summed E-state index contributed by atoms with van der Waals surface area (Å²) in [5, 5.41) is 0.921. The highest BCUT2D eigenvalue weighted by atomic mass is 35.5. The molecule has 3 heterocycles. The minimum absolute atomic E-state index is 0.0970. The minimum atomic E-state index is -0.686. The molecule has 0 aliphatic heterocycles. The number of halogens is 3. The molecule has 4 rings (SSSR count). The van der Waals surface area contributed by atoms with E-state index in [0.717, 1.165) is 16.6 Å². The van der Waals surface area contributed by atoms with E-state index in [1.165, 1.54) is 12.1 Å². The van der Waals surface area contributed by atoms with E-state index in [1.54, 1.807) is 19.4 Å². The lowest BCUT2D eigenvalue weighted by atomic mass is 10.1. The molecule has 1 atom stereocenters. The van der Waals surface area contributed by atoms with E-state index in [0.29, 0.717) is 16.2 Å².